The number of rotatable bonds is 5. The summed E-state index contributed by atoms with van der Waals surface area (Å²) in [5, 5.41) is 3.33. The van der Waals surface area contributed by atoms with Crippen LogP contribution < -0.4 is 14.8 Å². The molecule has 1 aromatic carbocycles. The van der Waals surface area contributed by atoms with E-state index in [-0.39, 0.29) is 6.04 Å². The third kappa shape index (κ3) is 2.68. The molecule has 20 heavy (non-hydrogen) atoms. The molecule has 2 rings (SSSR count). The molecule has 0 aliphatic carbocycles. The number of methoxy groups -OCH3 is 2. The highest BCUT2D eigenvalue weighted by atomic mass is 79.9. The van der Waals surface area contributed by atoms with Crippen molar-refractivity contribution in [3.8, 4) is 11.5 Å². The van der Waals surface area contributed by atoms with Crippen molar-refractivity contribution in [1.82, 2.24) is 10.3 Å². The molecule has 2 aromatic rings. The summed E-state index contributed by atoms with van der Waals surface area (Å²) in [4.78, 5) is 5.51. The Balaban J connectivity index is 2.56. The van der Waals surface area contributed by atoms with Crippen molar-refractivity contribution < 1.29 is 9.47 Å². The molecular weight excluding hydrogens is 340 g/mol. The monoisotopic (exact) mass is 356 g/mol. The molecule has 4 nitrogen and oxygen atoms in total. The van der Waals surface area contributed by atoms with Crippen molar-refractivity contribution in [3.05, 3.63) is 38.3 Å². The highest BCUT2D eigenvalue weighted by Gasteiger charge is 2.23. The van der Waals surface area contributed by atoms with Crippen LogP contribution in [0.15, 0.2) is 22.1 Å². The fourth-order valence-corrected chi connectivity index (χ4v) is 3.77. The van der Waals surface area contributed by atoms with E-state index in [1.165, 1.54) is 4.88 Å². The molecule has 0 bridgehead atoms. The number of hydrogen-bond acceptors (Lipinski definition) is 5. The molecule has 0 aliphatic heterocycles. The van der Waals surface area contributed by atoms with Crippen molar-refractivity contribution in [1.29, 1.82) is 0 Å². The lowest BCUT2D eigenvalue weighted by Gasteiger charge is -2.20. The second-order valence-corrected chi connectivity index (χ2v) is 5.91. The van der Waals surface area contributed by atoms with Gasteiger partial charge in [0, 0.05) is 10.4 Å². The van der Waals surface area contributed by atoms with E-state index in [1.54, 1.807) is 25.6 Å². The lowest BCUT2D eigenvalue weighted by Crippen LogP contribution is -2.18. The number of ether oxygens (including phenoxy) is 2. The molecule has 0 spiro atoms. The van der Waals surface area contributed by atoms with Crippen LogP contribution in [0.5, 0.6) is 11.5 Å². The Hall–Kier alpha value is -1.11. The van der Waals surface area contributed by atoms with Gasteiger partial charge in [0.05, 0.1) is 31.5 Å². The maximum atomic E-state index is 5.56. The first-order valence-electron chi connectivity index (χ1n) is 6.11. The highest BCUT2D eigenvalue weighted by Crippen LogP contribution is 2.42. The van der Waals surface area contributed by atoms with Gasteiger partial charge in [0.15, 0.2) is 0 Å². The zero-order valence-corrected chi connectivity index (χ0v) is 14.3. The maximum absolute atomic E-state index is 5.56. The standard InChI is InChI=1S/C14H17BrN2O2S/c1-8-14(20-7-17-8)12(16-2)9-5-6-10(18-3)11(15)13(9)19-4/h5-7,12,16H,1-4H3. The van der Waals surface area contributed by atoms with Gasteiger partial charge in [0.25, 0.3) is 0 Å². The maximum Gasteiger partial charge on any atom is 0.141 e. The van der Waals surface area contributed by atoms with Gasteiger partial charge >= 0.3 is 0 Å². The zero-order valence-electron chi connectivity index (χ0n) is 11.9. The van der Waals surface area contributed by atoms with Crippen LogP contribution >= 0.6 is 27.3 Å². The average molecular weight is 357 g/mol. The Morgan fingerprint density at radius 1 is 1.30 bits per heavy atom. The van der Waals surface area contributed by atoms with Crippen molar-refractivity contribution in [2.45, 2.75) is 13.0 Å². The lowest BCUT2D eigenvalue weighted by atomic mass is 10.0. The van der Waals surface area contributed by atoms with Crippen LogP contribution in [0.25, 0.3) is 0 Å². The molecule has 108 valence electrons. The van der Waals surface area contributed by atoms with Gasteiger partial charge in [-0.25, -0.2) is 4.98 Å². The molecule has 1 atom stereocenters. The summed E-state index contributed by atoms with van der Waals surface area (Å²) in [5.41, 5.74) is 3.94. The van der Waals surface area contributed by atoms with Crippen molar-refractivity contribution in [3.63, 3.8) is 0 Å². The minimum absolute atomic E-state index is 0.0413. The molecule has 0 aliphatic rings. The predicted molar refractivity (Wildman–Crippen MR) is 85.0 cm³/mol. The Morgan fingerprint density at radius 3 is 2.55 bits per heavy atom. The smallest absolute Gasteiger partial charge is 0.141 e. The van der Waals surface area contributed by atoms with E-state index in [0.29, 0.717) is 0 Å². The first kappa shape index (κ1) is 15.3. The molecule has 1 N–H and O–H groups in total. The van der Waals surface area contributed by atoms with Gasteiger partial charge in [0.1, 0.15) is 16.0 Å². The van der Waals surface area contributed by atoms with E-state index < -0.39 is 0 Å². The normalized spacial score (nSPS) is 12.2. The van der Waals surface area contributed by atoms with E-state index in [4.69, 9.17) is 9.47 Å². The summed E-state index contributed by atoms with van der Waals surface area (Å²) in [6.45, 7) is 2.02. The average Bonchev–Trinajstić information content (AvgIpc) is 2.86. The third-order valence-corrected chi connectivity index (χ3v) is 4.91. The largest absolute Gasteiger partial charge is 0.495 e. The molecule has 1 unspecified atom stereocenters. The number of nitrogens with zero attached hydrogens (tertiary/aromatic N) is 1. The minimum Gasteiger partial charge on any atom is -0.495 e. The Morgan fingerprint density at radius 2 is 2.05 bits per heavy atom. The second-order valence-electron chi connectivity index (χ2n) is 4.23. The van der Waals surface area contributed by atoms with Crippen LogP contribution in [0.4, 0.5) is 0 Å². The van der Waals surface area contributed by atoms with E-state index in [2.05, 4.69) is 26.2 Å². The molecule has 1 heterocycles. The van der Waals surface area contributed by atoms with Gasteiger partial charge in [-0.15, -0.1) is 11.3 Å². The summed E-state index contributed by atoms with van der Waals surface area (Å²) in [5.74, 6) is 1.53. The van der Waals surface area contributed by atoms with Crippen molar-refractivity contribution in [2.24, 2.45) is 0 Å². The van der Waals surface area contributed by atoms with Gasteiger partial charge in [-0.1, -0.05) is 0 Å². The van der Waals surface area contributed by atoms with Gasteiger partial charge in [-0.2, -0.15) is 0 Å². The SMILES string of the molecule is CNC(c1ccc(OC)c(Br)c1OC)c1scnc1C. The number of thiazole rings is 1. The Labute approximate surface area is 131 Å². The van der Waals surface area contributed by atoms with E-state index in [0.717, 1.165) is 27.2 Å². The molecule has 0 saturated heterocycles. The van der Waals surface area contributed by atoms with Crippen LogP contribution in [-0.2, 0) is 0 Å². The Bertz CT molecular complexity index is 601. The molecule has 0 radical (unpaired) electrons. The minimum atomic E-state index is 0.0413. The lowest BCUT2D eigenvalue weighted by molar-refractivity contribution is 0.383. The molecule has 0 amide bonds. The third-order valence-electron chi connectivity index (χ3n) is 3.16. The Kier molecular flexibility index (Phi) is 5.01. The fraction of sp³-hybridized carbons (Fsp3) is 0.357. The quantitative estimate of drug-likeness (QED) is 0.889. The number of aromatic nitrogens is 1. The number of nitrogens with one attached hydrogen (secondary N) is 1. The number of hydrogen-bond donors (Lipinski definition) is 1. The van der Waals surface area contributed by atoms with E-state index in [9.17, 15) is 0 Å². The first-order valence-corrected chi connectivity index (χ1v) is 7.78. The molecule has 0 saturated carbocycles. The topological polar surface area (TPSA) is 43.4 Å². The number of benzene rings is 1. The highest BCUT2D eigenvalue weighted by molar-refractivity contribution is 9.10. The second kappa shape index (κ2) is 6.56. The zero-order chi connectivity index (χ0) is 14.7. The molecule has 0 fully saturated rings. The number of aryl methyl sites for hydroxylation is 1. The van der Waals surface area contributed by atoms with Crippen LogP contribution in [0.3, 0.4) is 0 Å². The van der Waals surface area contributed by atoms with Crippen LogP contribution in [0.2, 0.25) is 0 Å². The van der Waals surface area contributed by atoms with E-state index in [1.807, 2.05) is 31.6 Å². The van der Waals surface area contributed by atoms with Gasteiger partial charge in [-0.05, 0) is 42.0 Å². The first-order chi connectivity index (χ1) is 9.63. The summed E-state index contributed by atoms with van der Waals surface area (Å²) < 4.78 is 11.7. The molecular formula is C14H17BrN2O2S. The van der Waals surface area contributed by atoms with Crippen molar-refractivity contribution >= 4 is 27.3 Å². The van der Waals surface area contributed by atoms with Gasteiger partial charge in [0.2, 0.25) is 0 Å². The molecule has 6 heteroatoms. The van der Waals surface area contributed by atoms with Crippen LogP contribution in [0.1, 0.15) is 22.2 Å². The van der Waals surface area contributed by atoms with E-state index >= 15 is 0 Å². The summed E-state index contributed by atoms with van der Waals surface area (Å²) in [6.07, 6.45) is 0. The van der Waals surface area contributed by atoms with Crippen LogP contribution in [-0.4, -0.2) is 26.3 Å². The fourth-order valence-electron chi connectivity index (χ4n) is 2.16. The predicted octanol–water partition coefficient (Wildman–Crippen LogP) is 3.54. The van der Waals surface area contributed by atoms with Gasteiger partial charge < -0.3 is 14.8 Å². The molecule has 1 aromatic heterocycles. The summed E-state index contributed by atoms with van der Waals surface area (Å²) in [6, 6.07) is 3.99. The summed E-state index contributed by atoms with van der Waals surface area (Å²) in [7, 11) is 5.23. The number of halogens is 1. The van der Waals surface area contributed by atoms with Crippen LogP contribution in [0, 0.1) is 6.92 Å². The summed E-state index contributed by atoms with van der Waals surface area (Å²) >= 11 is 5.18. The van der Waals surface area contributed by atoms with Gasteiger partial charge in [-0.3, -0.25) is 0 Å². The van der Waals surface area contributed by atoms with Crippen molar-refractivity contribution in [2.75, 3.05) is 21.3 Å².